The van der Waals surface area contributed by atoms with Gasteiger partial charge in [-0.2, -0.15) is 0 Å². The van der Waals surface area contributed by atoms with Gasteiger partial charge in [0.25, 0.3) is 0 Å². The molecule has 2 atom stereocenters. The highest BCUT2D eigenvalue weighted by molar-refractivity contribution is 5.43. The second-order valence-corrected chi connectivity index (χ2v) is 4.44. The molecule has 1 aromatic rings. The van der Waals surface area contributed by atoms with Gasteiger partial charge in [0.2, 0.25) is 0 Å². The smallest absolute Gasteiger partial charge is 0.0556 e. The molecule has 1 aromatic carbocycles. The summed E-state index contributed by atoms with van der Waals surface area (Å²) in [5.41, 5.74) is 4.33. The van der Waals surface area contributed by atoms with E-state index in [1.165, 1.54) is 16.7 Å². The number of aliphatic hydroxyl groups excluding tert-OH is 1. The van der Waals surface area contributed by atoms with Crippen LogP contribution in [0.25, 0.3) is 0 Å². The van der Waals surface area contributed by atoms with E-state index < -0.39 is 0 Å². The van der Waals surface area contributed by atoms with E-state index in [0.717, 1.165) is 6.42 Å². The van der Waals surface area contributed by atoms with Crippen LogP contribution in [0.15, 0.2) is 18.2 Å². The molecule has 0 radical (unpaired) electrons. The van der Waals surface area contributed by atoms with Gasteiger partial charge >= 0.3 is 0 Å². The van der Waals surface area contributed by atoms with Gasteiger partial charge in [-0.3, -0.25) is 0 Å². The molecule has 82 valence electrons. The molecule has 2 heteroatoms. The van der Waals surface area contributed by atoms with Gasteiger partial charge in [-0.05, 0) is 36.0 Å². The molecule has 2 unspecified atom stereocenters. The van der Waals surface area contributed by atoms with Gasteiger partial charge in [-0.1, -0.05) is 25.1 Å². The molecule has 0 amide bonds. The molecular weight excluding hydrogens is 186 g/mol. The average molecular weight is 205 g/mol. The van der Waals surface area contributed by atoms with E-state index in [2.05, 4.69) is 37.4 Å². The molecule has 1 aliphatic rings. The normalized spacial score (nSPS) is 24.2. The molecule has 2 nitrogen and oxygen atoms in total. The molecule has 0 aliphatic heterocycles. The minimum Gasteiger partial charge on any atom is -0.395 e. The van der Waals surface area contributed by atoms with Gasteiger partial charge in [0.05, 0.1) is 6.61 Å². The number of hydrogen-bond donors (Lipinski definition) is 2. The summed E-state index contributed by atoms with van der Waals surface area (Å²) in [6.45, 7) is 5.37. The van der Waals surface area contributed by atoms with Crippen molar-refractivity contribution in [3.8, 4) is 0 Å². The summed E-state index contributed by atoms with van der Waals surface area (Å²) in [6.07, 6.45) is 1.15. The van der Waals surface area contributed by atoms with E-state index in [0.29, 0.717) is 18.5 Å². The molecule has 0 fully saturated rings. The molecule has 2 N–H and O–H groups in total. The Morgan fingerprint density at radius 1 is 1.47 bits per heavy atom. The highest BCUT2D eigenvalue weighted by atomic mass is 16.3. The maximum atomic E-state index is 8.83. The predicted octanol–water partition coefficient (Wildman–Crippen LogP) is 2.13. The Bertz CT molecular complexity index is 348. The first kappa shape index (κ1) is 10.7. The number of nitrogens with one attached hydrogen (secondary N) is 1. The third-order valence-corrected chi connectivity index (χ3v) is 3.32. The van der Waals surface area contributed by atoms with E-state index in [1.54, 1.807) is 0 Å². The second kappa shape index (κ2) is 4.33. The summed E-state index contributed by atoms with van der Waals surface area (Å²) in [5, 5.41) is 12.2. The zero-order valence-corrected chi connectivity index (χ0v) is 9.46. The van der Waals surface area contributed by atoms with Crippen LogP contribution in [0.4, 0.5) is 0 Å². The molecule has 0 saturated carbocycles. The van der Waals surface area contributed by atoms with E-state index in [9.17, 15) is 0 Å². The monoisotopic (exact) mass is 205 g/mol. The molecular formula is C13H19NO. The number of fused-ring (bicyclic) bond motifs is 1. The summed E-state index contributed by atoms with van der Waals surface area (Å²) in [5.74, 6) is 0.636. The number of hydrogen-bond acceptors (Lipinski definition) is 2. The predicted molar refractivity (Wildman–Crippen MR) is 62.0 cm³/mol. The lowest BCUT2D eigenvalue weighted by molar-refractivity contribution is 0.283. The van der Waals surface area contributed by atoms with E-state index >= 15 is 0 Å². The summed E-state index contributed by atoms with van der Waals surface area (Å²) in [6, 6.07) is 6.95. The average Bonchev–Trinajstić information content (AvgIpc) is 2.54. The Morgan fingerprint density at radius 2 is 2.27 bits per heavy atom. The van der Waals surface area contributed by atoms with Crippen LogP contribution in [-0.2, 0) is 0 Å². The van der Waals surface area contributed by atoms with Crippen molar-refractivity contribution >= 4 is 0 Å². The van der Waals surface area contributed by atoms with Crippen LogP contribution in [0.5, 0.6) is 0 Å². The van der Waals surface area contributed by atoms with Gasteiger partial charge in [0.1, 0.15) is 0 Å². The van der Waals surface area contributed by atoms with Crippen LogP contribution in [-0.4, -0.2) is 18.3 Å². The fraction of sp³-hybridized carbons (Fsp3) is 0.538. The first-order chi connectivity index (χ1) is 7.24. The Kier molecular flexibility index (Phi) is 3.08. The van der Waals surface area contributed by atoms with Crippen LogP contribution >= 0.6 is 0 Å². The molecule has 0 saturated heterocycles. The van der Waals surface area contributed by atoms with Gasteiger partial charge in [0, 0.05) is 12.6 Å². The van der Waals surface area contributed by atoms with Crippen molar-refractivity contribution in [2.75, 3.05) is 13.2 Å². The SMILES string of the molecule is Cc1cccc2c1C(C)CC2NCCO. The Morgan fingerprint density at radius 3 is 3.00 bits per heavy atom. The number of aliphatic hydroxyl groups is 1. The first-order valence-corrected chi connectivity index (χ1v) is 5.67. The van der Waals surface area contributed by atoms with Crippen molar-refractivity contribution < 1.29 is 5.11 Å². The lowest BCUT2D eigenvalue weighted by Gasteiger charge is -2.13. The first-order valence-electron chi connectivity index (χ1n) is 5.67. The maximum Gasteiger partial charge on any atom is 0.0556 e. The number of rotatable bonds is 3. The molecule has 0 aromatic heterocycles. The zero-order chi connectivity index (χ0) is 10.8. The van der Waals surface area contributed by atoms with Crippen molar-refractivity contribution in [2.24, 2.45) is 0 Å². The van der Waals surface area contributed by atoms with Crippen molar-refractivity contribution in [1.29, 1.82) is 0 Å². The zero-order valence-electron chi connectivity index (χ0n) is 9.46. The quantitative estimate of drug-likeness (QED) is 0.792. The summed E-state index contributed by atoms with van der Waals surface area (Å²) in [7, 11) is 0. The van der Waals surface area contributed by atoms with E-state index in [1.807, 2.05) is 0 Å². The highest BCUT2D eigenvalue weighted by Gasteiger charge is 2.28. The molecule has 0 heterocycles. The Labute approximate surface area is 91.3 Å². The summed E-state index contributed by atoms with van der Waals surface area (Å²) >= 11 is 0. The molecule has 0 spiro atoms. The van der Waals surface area contributed by atoms with Crippen LogP contribution in [0, 0.1) is 6.92 Å². The van der Waals surface area contributed by atoms with Crippen molar-refractivity contribution in [3.05, 3.63) is 34.9 Å². The number of benzene rings is 1. The molecule has 1 aliphatic carbocycles. The summed E-state index contributed by atoms with van der Waals surface area (Å²) < 4.78 is 0. The fourth-order valence-electron chi connectivity index (χ4n) is 2.71. The molecule has 15 heavy (non-hydrogen) atoms. The topological polar surface area (TPSA) is 32.3 Å². The minimum atomic E-state index is 0.214. The lowest BCUT2D eigenvalue weighted by Crippen LogP contribution is -2.22. The summed E-state index contributed by atoms with van der Waals surface area (Å²) in [4.78, 5) is 0. The largest absolute Gasteiger partial charge is 0.395 e. The van der Waals surface area contributed by atoms with Gasteiger partial charge < -0.3 is 10.4 Å². The van der Waals surface area contributed by atoms with E-state index in [-0.39, 0.29) is 6.61 Å². The second-order valence-electron chi connectivity index (χ2n) is 4.44. The van der Waals surface area contributed by atoms with Gasteiger partial charge in [0.15, 0.2) is 0 Å². The van der Waals surface area contributed by atoms with Crippen molar-refractivity contribution in [1.82, 2.24) is 5.32 Å². The van der Waals surface area contributed by atoms with Crippen LogP contribution in [0.3, 0.4) is 0 Å². The number of aryl methyl sites for hydroxylation is 1. The van der Waals surface area contributed by atoms with Gasteiger partial charge in [-0.15, -0.1) is 0 Å². The van der Waals surface area contributed by atoms with Crippen LogP contribution in [0.2, 0.25) is 0 Å². The third kappa shape index (κ3) is 1.92. The third-order valence-electron chi connectivity index (χ3n) is 3.32. The van der Waals surface area contributed by atoms with Crippen LogP contribution in [0.1, 0.15) is 42.0 Å². The van der Waals surface area contributed by atoms with Crippen molar-refractivity contribution in [3.63, 3.8) is 0 Å². The Hall–Kier alpha value is -0.860. The Balaban J connectivity index is 2.26. The standard InChI is InChI=1S/C13H19NO/c1-9-4-3-5-11-12(14-6-7-15)8-10(2)13(9)11/h3-5,10,12,14-15H,6-8H2,1-2H3. The molecule has 2 rings (SSSR count). The van der Waals surface area contributed by atoms with Crippen molar-refractivity contribution in [2.45, 2.75) is 32.2 Å². The lowest BCUT2D eigenvalue weighted by atomic mass is 9.98. The minimum absolute atomic E-state index is 0.214. The maximum absolute atomic E-state index is 8.83. The van der Waals surface area contributed by atoms with E-state index in [4.69, 9.17) is 5.11 Å². The van der Waals surface area contributed by atoms with Gasteiger partial charge in [-0.25, -0.2) is 0 Å². The fourth-order valence-corrected chi connectivity index (χ4v) is 2.71. The molecule has 0 bridgehead atoms. The van der Waals surface area contributed by atoms with Crippen LogP contribution < -0.4 is 5.32 Å². The highest BCUT2D eigenvalue weighted by Crippen LogP contribution is 2.41.